The minimum absolute atomic E-state index is 0.0862. The smallest absolute Gasteiger partial charge is 0.303 e. The number of carboxylic acids is 1. The molecule has 1 amide bonds. The SMILES string of the molecule is C=CC(C)C=N/C(C)=C/C#CC(/C=C/N=CCC[C@H](C)CC(=O)O)C(=O)NC/C=C(\CCC)CC/C=C\C. The fourth-order valence-electron chi connectivity index (χ4n) is 3.29. The van der Waals surface area contributed by atoms with Crippen molar-refractivity contribution >= 4 is 24.3 Å². The molecule has 0 saturated carbocycles. The van der Waals surface area contributed by atoms with Crippen molar-refractivity contribution in [1.29, 1.82) is 0 Å². The molecule has 6 nitrogen and oxygen atoms in total. The van der Waals surface area contributed by atoms with E-state index in [4.69, 9.17) is 5.11 Å². The maximum absolute atomic E-state index is 12.9. The summed E-state index contributed by atoms with van der Waals surface area (Å²) in [6.07, 6.45) is 22.2. The number of carbonyl (C=O) groups is 2. The van der Waals surface area contributed by atoms with Gasteiger partial charge >= 0.3 is 5.97 Å². The Labute approximate surface area is 230 Å². The first-order chi connectivity index (χ1) is 18.2. The summed E-state index contributed by atoms with van der Waals surface area (Å²) in [6, 6.07) is 0. The van der Waals surface area contributed by atoms with Crippen molar-refractivity contribution in [3.05, 3.63) is 60.5 Å². The standard InChI is InChI=1S/C32H47N3O3/c1-7-10-11-17-29(14-8-2)19-23-34-32(38)30(18-12-16-28(6)35-25-26(4)9-3)20-22-33-21-13-15-27(5)24-31(36)37/h7,9-10,16,19-22,25-27,30H,3,8,11,13-15,17,23-24H2,1-2,4-6H3,(H,34,38)(H,36,37)/b10-7-,22-20+,28-16+,29-19+,33-21?,35-25?/t26?,27-,30?/m0/s1. The van der Waals surface area contributed by atoms with Crippen LogP contribution in [0, 0.1) is 29.6 Å². The lowest BCUT2D eigenvalue weighted by molar-refractivity contribution is -0.138. The lowest BCUT2D eigenvalue weighted by Gasteiger charge is -2.08. The summed E-state index contributed by atoms with van der Waals surface area (Å²) in [5.74, 6) is 4.57. The number of aliphatic imine (C=N–C) groups is 2. The molecule has 2 N–H and O–H groups in total. The highest BCUT2D eigenvalue weighted by molar-refractivity contribution is 5.83. The van der Waals surface area contributed by atoms with Crippen LogP contribution in [0.25, 0.3) is 0 Å². The van der Waals surface area contributed by atoms with Crippen LogP contribution >= 0.6 is 0 Å². The number of nitrogens with one attached hydrogen (secondary N) is 1. The van der Waals surface area contributed by atoms with Gasteiger partial charge in [-0.15, -0.1) is 6.58 Å². The second kappa shape index (κ2) is 22.7. The predicted molar refractivity (Wildman–Crippen MR) is 161 cm³/mol. The summed E-state index contributed by atoms with van der Waals surface area (Å²) in [5.41, 5.74) is 2.09. The third-order valence-corrected chi connectivity index (χ3v) is 5.58. The largest absolute Gasteiger partial charge is 0.481 e. The average Bonchev–Trinajstić information content (AvgIpc) is 2.87. The molecule has 6 heteroatoms. The molecule has 38 heavy (non-hydrogen) atoms. The molecule has 0 aliphatic carbocycles. The number of rotatable bonds is 18. The first-order valence-electron chi connectivity index (χ1n) is 13.5. The van der Waals surface area contributed by atoms with E-state index in [0.29, 0.717) is 13.0 Å². The Morgan fingerprint density at radius 1 is 1.18 bits per heavy atom. The maximum atomic E-state index is 12.9. The summed E-state index contributed by atoms with van der Waals surface area (Å²) in [4.78, 5) is 32.3. The van der Waals surface area contributed by atoms with Crippen LogP contribution < -0.4 is 5.32 Å². The molecule has 0 aromatic carbocycles. The molecule has 0 saturated heterocycles. The molecule has 0 rings (SSSR count). The number of carbonyl (C=O) groups excluding carboxylic acids is 1. The van der Waals surface area contributed by atoms with Gasteiger partial charge in [-0.1, -0.05) is 68.9 Å². The van der Waals surface area contributed by atoms with Gasteiger partial charge in [0.2, 0.25) is 5.91 Å². The molecule has 208 valence electrons. The highest BCUT2D eigenvalue weighted by Crippen LogP contribution is 2.12. The van der Waals surface area contributed by atoms with E-state index < -0.39 is 11.9 Å². The Hall–Kier alpha value is -3.46. The first-order valence-corrected chi connectivity index (χ1v) is 13.5. The van der Waals surface area contributed by atoms with Crippen molar-refractivity contribution in [2.45, 2.75) is 79.6 Å². The van der Waals surface area contributed by atoms with Crippen LogP contribution in [0.15, 0.2) is 70.5 Å². The molecule has 0 heterocycles. The Kier molecular flexibility index (Phi) is 20.6. The Balaban J connectivity index is 5.36. The molecular weight excluding hydrogens is 474 g/mol. The molecular formula is C32H47N3O3. The molecule has 0 aliphatic rings. The number of amides is 1. The Morgan fingerprint density at radius 2 is 1.95 bits per heavy atom. The van der Waals surface area contributed by atoms with Crippen molar-refractivity contribution in [2.75, 3.05) is 6.54 Å². The van der Waals surface area contributed by atoms with Crippen LogP contribution in [0.2, 0.25) is 0 Å². The van der Waals surface area contributed by atoms with E-state index in [2.05, 4.69) is 58.9 Å². The third kappa shape index (κ3) is 19.7. The normalized spacial score (nSPS) is 15.1. The van der Waals surface area contributed by atoms with Crippen LogP contribution in [0.5, 0.6) is 0 Å². The number of carboxylic acid groups (broad SMARTS) is 1. The number of nitrogens with zero attached hydrogens (tertiary/aromatic N) is 2. The maximum Gasteiger partial charge on any atom is 0.303 e. The van der Waals surface area contributed by atoms with Gasteiger partial charge < -0.3 is 10.4 Å². The summed E-state index contributed by atoms with van der Waals surface area (Å²) < 4.78 is 0. The van der Waals surface area contributed by atoms with Crippen molar-refractivity contribution in [2.24, 2.45) is 27.7 Å². The fraction of sp³-hybridized carbons (Fsp3) is 0.500. The van der Waals surface area contributed by atoms with Crippen molar-refractivity contribution in [1.82, 2.24) is 5.32 Å². The van der Waals surface area contributed by atoms with Gasteiger partial charge in [0, 0.05) is 49.3 Å². The lowest BCUT2D eigenvalue weighted by Crippen LogP contribution is -2.29. The van der Waals surface area contributed by atoms with E-state index in [-0.39, 0.29) is 24.2 Å². The van der Waals surface area contributed by atoms with Gasteiger partial charge in [0.1, 0.15) is 5.92 Å². The zero-order chi connectivity index (χ0) is 28.6. The quantitative estimate of drug-likeness (QED) is 0.115. The molecule has 0 aromatic heterocycles. The molecule has 0 aromatic rings. The number of aliphatic carboxylic acids is 1. The summed E-state index contributed by atoms with van der Waals surface area (Å²) >= 11 is 0. The van der Waals surface area contributed by atoms with Gasteiger partial charge in [-0.3, -0.25) is 19.6 Å². The predicted octanol–water partition coefficient (Wildman–Crippen LogP) is 7.08. The van der Waals surface area contributed by atoms with E-state index in [1.54, 1.807) is 30.8 Å². The van der Waals surface area contributed by atoms with Crippen molar-refractivity contribution in [3.63, 3.8) is 0 Å². The molecule has 0 aliphatic heterocycles. The van der Waals surface area contributed by atoms with Crippen LogP contribution in [-0.4, -0.2) is 36.0 Å². The number of hydrogen-bond donors (Lipinski definition) is 2. The molecule has 0 fully saturated rings. The van der Waals surface area contributed by atoms with Crippen LogP contribution in [0.1, 0.15) is 79.6 Å². The first kappa shape index (κ1) is 34.5. The highest BCUT2D eigenvalue weighted by Gasteiger charge is 2.11. The van der Waals surface area contributed by atoms with Gasteiger partial charge in [0.15, 0.2) is 0 Å². The molecule has 2 unspecified atom stereocenters. The van der Waals surface area contributed by atoms with E-state index in [1.165, 1.54) is 5.57 Å². The highest BCUT2D eigenvalue weighted by atomic mass is 16.4. The van der Waals surface area contributed by atoms with E-state index in [9.17, 15) is 9.59 Å². The molecule has 3 atom stereocenters. The summed E-state index contributed by atoms with van der Waals surface area (Å²) in [5, 5.41) is 11.8. The lowest BCUT2D eigenvalue weighted by atomic mass is 10.0. The zero-order valence-electron chi connectivity index (χ0n) is 24.0. The van der Waals surface area contributed by atoms with Gasteiger partial charge in [-0.25, -0.2) is 0 Å². The van der Waals surface area contributed by atoms with Gasteiger partial charge in [0.05, 0.1) is 0 Å². The van der Waals surface area contributed by atoms with E-state index >= 15 is 0 Å². The van der Waals surface area contributed by atoms with Crippen LogP contribution in [-0.2, 0) is 9.59 Å². The average molecular weight is 522 g/mol. The minimum atomic E-state index is -0.790. The Bertz CT molecular complexity index is 958. The monoisotopic (exact) mass is 521 g/mol. The molecule has 0 radical (unpaired) electrons. The van der Waals surface area contributed by atoms with Crippen LogP contribution in [0.4, 0.5) is 0 Å². The minimum Gasteiger partial charge on any atom is -0.481 e. The summed E-state index contributed by atoms with van der Waals surface area (Å²) in [6.45, 7) is 14.1. The van der Waals surface area contributed by atoms with Gasteiger partial charge in [0.25, 0.3) is 0 Å². The van der Waals surface area contributed by atoms with Crippen molar-refractivity contribution < 1.29 is 14.7 Å². The molecule has 0 bridgehead atoms. The third-order valence-electron chi connectivity index (χ3n) is 5.58. The van der Waals surface area contributed by atoms with Crippen LogP contribution in [0.3, 0.4) is 0 Å². The second-order valence-corrected chi connectivity index (χ2v) is 9.34. The second-order valence-electron chi connectivity index (χ2n) is 9.34. The van der Waals surface area contributed by atoms with E-state index in [0.717, 1.165) is 37.8 Å². The number of hydrogen-bond acceptors (Lipinski definition) is 4. The topological polar surface area (TPSA) is 91.1 Å². The fourth-order valence-corrected chi connectivity index (χ4v) is 3.29. The molecule has 0 spiro atoms. The van der Waals surface area contributed by atoms with Crippen molar-refractivity contribution in [3.8, 4) is 11.8 Å². The summed E-state index contributed by atoms with van der Waals surface area (Å²) in [7, 11) is 0. The number of allylic oxidation sites excluding steroid dienone is 6. The van der Waals surface area contributed by atoms with Gasteiger partial charge in [-0.05, 0) is 57.9 Å². The zero-order valence-corrected chi connectivity index (χ0v) is 24.0. The van der Waals surface area contributed by atoms with E-state index in [1.807, 2.05) is 33.8 Å². The van der Waals surface area contributed by atoms with Gasteiger partial charge in [-0.2, -0.15) is 0 Å². The Morgan fingerprint density at radius 3 is 2.61 bits per heavy atom.